The summed E-state index contributed by atoms with van der Waals surface area (Å²) in [6.45, 7) is 3.84. The van der Waals surface area contributed by atoms with Crippen molar-refractivity contribution in [3.63, 3.8) is 0 Å². The molecule has 2 unspecified atom stereocenters. The van der Waals surface area contributed by atoms with Crippen LogP contribution < -0.4 is 15.8 Å². The molecule has 0 radical (unpaired) electrons. The summed E-state index contributed by atoms with van der Waals surface area (Å²) in [6, 6.07) is 11.8. The Bertz CT molecular complexity index is 891. The Morgan fingerprint density at radius 3 is 2.48 bits per heavy atom. The lowest BCUT2D eigenvalue weighted by molar-refractivity contribution is -0.118. The van der Waals surface area contributed by atoms with Gasteiger partial charge in [0.2, 0.25) is 5.91 Å². The van der Waals surface area contributed by atoms with Gasteiger partial charge in [-0.25, -0.2) is 8.42 Å². The molecular formula is C18H23Cl2N3O3S. The number of amides is 1. The lowest BCUT2D eigenvalue weighted by Gasteiger charge is -2.18. The number of hydrogen-bond acceptors (Lipinski definition) is 4. The predicted molar refractivity (Wildman–Crippen MR) is 112 cm³/mol. The zero-order valence-corrected chi connectivity index (χ0v) is 17.4. The van der Waals surface area contributed by atoms with Gasteiger partial charge in [0, 0.05) is 5.69 Å². The number of benzene rings is 2. The van der Waals surface area contributed by atoms with Gasteiger partial charge in [-0.1, -0.05) is 50.1 Å². The van der Waals surface area contributed by atoms with Crippen LogP contribution in [-0.4, -0.2) is 20.4 Å². The summed E-state index contributed by atoms with van der Waals surface area (Å²) in [5.41, 5.74) is 6.54. The summed E-state index contributed by atoms with van der Waals surface area (Å²) < 4.78 is 27.6. The highest BCUT2D eigenvalue weighted by atomic mass is 35.5. The minimum Gasteiger partial charge on any atom is -0.325 e. The van der Waals surface area contributed by atoms with Gasteiger partial charge >= 0.3 is 0 Å². The molecule has 0 bridgehead atoms. The van der Waals surface area contributed by atoms with E-state index in [1.54, 1.807) is 36.4 Å². The van der Waals surface area contributed by atoms with E-state index >= 15 is 0 Å². The van der Waals surface area contributed by atoms with E-state index in [0.29, 0.717) is 10.7 Å². The largest absolute Gasteiger partial charge is 0.325 e. The second-order valence-electron chi connectivity index (χ2n) is 6.01. The number of rotatable bonds is 7. The first kappa shape index (κ1) is 23.2. The van der Waals surface area contributed by atoms with Gasteiger partial charge in [0.25, 0.3) is 10.0 Å². The van der Waals surface area contributed by atoms with Gasteiger partial charge in [-0.2, -0.15) is 0 Å². The molecule has 148 valence electrons. The van der Waals surface area contributed by atoms with E-state index in [1.165, 1.54) is 12.1 Å². The second-order valence-corrected chi connectivity index (χ2v) is 8.10. The number of anilines is 2. The number of carbonyl (C=O) groups is 1. The molecule has 0 spiro atoms. The molecule has 2 aromatic carbocycles. The molecule has 0 fully saturated rings. The zero-order chi connectivity index (χ0) is 19.3. The highest BCUT2D eigenvalue weighted by Gasteiger charge is 2.21. The Balaban J connectivity index is 0.00000364. The molecule has 2 aromatic rings. The lowest BCUT2D eigenvalue weighted by atomic mass is 9.99. The third-order valence-corrected chi connectivity index (χ3v) is 5.78. The first-order valence-corrected chi connectivity index (χ1v) is 10.0. The number of sulfonamides is 1. The van der Waals surface area contributed by atoms with E-state index in [0.717, 1.165) is 6.42 Å². The van der Waals surface area contributed by atoms with Crippen molar-refractivity contribution in [3.8, 4) is 0 Å². The Morgan fingerprint density at radius 1 is 1.19 bits per heavy atom. The van der Waals surface area contributed by atoms with Gasteiger partial charge in [0.1, 0.15) is 0 Å². The molecule has 0 aliphatic rings. The summed E-state index contributed by atoms with van der Waals surface area (Å²) in [7, 11) is -3.85. The fraction of sp³-hybridized carbons (Fsp3) is 0.278. The predicted octanol–water partition coefficient (Wildman–Crippen LogP) is 3.87. The Morgan fingerprint density at radius 2 is 1.85 bits per heavy atom. The number of nitrogens with one attached hydrogen (secondary N) is 2. The van der Waals surface area contributed by atoms with Crippen molar-refractivity contribution in [1.29, 1.82) is 0 Å². The van der Waals surface area contributed by atoms with Gasteiger partial charge in [0.15, 0.2) is 0 Å². The van der Waals surface area contributed by atoms with Gasteiger partial charge in [-0.15, -0.1) is 12.4 Å². The molecule has 2 rings (SSSR count). The van der Waals surface area contributed by atoms with Gasteiger partial charge in [-0.3, -0.25) is 9.52 Å². The van der Waals surface area contributed by atoms with E-state index in [-0.39, 0.29) is 34.8 Å². The number of hydrogen-bond donors (Lipinski definition) is 3. The molecule has 0 aliphatic carbocycles. The quantitative estimate of drug-likeness (QED) is 0.618. The fourth-order valence-electron chi connectivity index (χ4n) is 2.23. The van der Waals surface area contributed by atoms with Crippen LogP contribution in [0.25, 0.3) is 0 Å². The third-order valence-electron chi connectivity index (χ3n) is 4.09. The average Bonchev–Trinajstić information content (AvgIpc) is 2.62. The molecule has 0 aliphatic heterocycles. The van der Waals surface area contributed by atoms with Crippen LogP contribution in [0.2, 0.25) is 5.02 Å². The maximum absolute atomic E-state index is 12.6. The highest BCUT2D eigenvalue weighted by molar-refractivity contribution is 7.92. The van der Waals surface area contributed by atoms with Crippen LogP contribution in [0.4, 0.5) is 11.4 Å². The number of carbonyl (C=O) groups excluding carboxylic acids is 1. The van der Waals surface area contributed by atoms with E-state index in [2.05, 4.69) is 10.0 Å². The highest BCUT2D eigenvalue weighted by Crippen LogP contribution is 2.25. The van der Waals surface area contributed by atoms with Crippen LogP contribution in [0.5, 0.6) is 0 Å². The lowest BCUT2D eigenvalue weighted by Crippen LogP contribution is -2.40. The molecule has 1 amide bonds. The summed E-state index contributed by atoms with van der Waals surface area (Å²) in [5.74, 6) is -0.336. The SMILES string of the molecule is CCC(C)C(N)C(=O)Nc1cccc(S(=O)(=O)Nc2ccccc2Cl)c1.Cl. The van der Waals surface area contributed by atoms with Crippen LogP contribution in [0.1, 0.15) is 20.3 Å². The molecule has 0 aromatic heterocycles. The van der Waals surface area contributed by atoms with Crippen LogP contribution in [0, 0.1) is 5.92 Å². The van der Waals surface area contributed by atoms with Gasteiger partial charge in [0.05, 0.1) is 21.6 Å². The number of nitrogens with two attached hydrogens (primary N) is 1. The smallest absolute Gasteiger partial charge is 0.262 e. The van der Waals surface area contributed by atoms with Crippen molar-refractivity contribution >= 4 is 51.3 Å². The molecule has 4 N–H and O–H groups in total. The maximum Gasteiger partial charge on any atom is 0.262 e. The molecule has 0 saturated heterocycles. The first-order chi connectivity index (χ1) is 12.2. The number of halogens is 2. The molecule has 9 heteroatoms. The van der Waals surface area contributed by atoms with E-state index in [4.69, 9.17) is 17.3 Å². The van der Waals surface area contributed by atoms with Crippen molar-refractivity contribution in [2.24, 2.45) is 11.7 Å². The van der Waals surface area contributed by atoms with Crippen molar-refractivity contribution in [2.75, 3.05) is 10.0 Å². The number of para-hydroxylation sites is 1. The minimum absolute atomic E-state index is 0. The molecule has 2 atom stereocenters. The average molecular weight is 432 g/mol. The first-order valence-electron chi connectivity index (χ1n) is 8.18. The molecule has 0 saturated carbocycles. The monoisotopic (exact) mass is 431 g/mol. The van der Waals surface area contributed by atoms with Crippen molar-refractivity contribution in [2.45, 2.75) is 31.2 Å². The molecule has 0 heterocycles. The normalized spacial score (nSPS) is 13.2. The van der Waals surface area contributed by atoms with Crippen LogP contribution in [0.3, 0.4) is 0 Å². The zero-order valence-electron chi connectivity index (χ0n) is 15.0. The van der Waals surface area contributed by atoms with Crippen molar-refractivity contribution < 1.29 is 13.2 Å². The summed E-state index contributed by atoms with van der Waals surface area (Å²) in [4.78, 5) is 12.2. The van der Waals surface area contributed by atoms with E-state index < -0.39 is 16.1 Å². The van der Waals surface area contributed by atoms with Gasteiger partial charge < -0.3 is 11.1 Å². The standard InChI is InChI=1S/C18H22ClN3O3S.ClH/c1-3-12(2)17(20)18(23)21-13-7-6-8-14(11-13)26(24,25)22-16-10-5-4-9-15(16)19;/h4-12,17,22H,3,20H2,1-2H3,(H,21,23);1H. The van der Waals surface area contributed by atoms with Crippen molar-refractivity contribution in [1.82, 2.24) is 0 Å². The summed E-state index contributed by atoms with van der Waals surface area (Å²) in [5, 5.41) is 2.95. The Kier molecular flexibility index (Phi) is 8.56. The summed E-state index contributed by atoms with van der Waals surface area (Å²) in [6.07, 6.45) is 0.769. The Labute approximate surface area is 170 Å². The van der Waals surface area contributed by atoms with Crippen LogP contribution in [0.15, 0.2) is 53.4 Å². The summed E-state index contributed by atoms with van der Waals surface area (Å²) >= 11 is 6.00. The maximum atomic E-state index is 12.6. The minimum atomic E-state index is -3.85. The van der Waals surface area contributed by atoms with Crippen LogP contribution in [-0.2, 0) is 14.8 Å². The fourth-order valence-corrected chi connectivity index (χ4v) is 3.59. The topological polar surface area (TPSA) is 101 Å². The van der Waals surface area contributed by atoms with E-state index in [1.807, 2.05) is 13.8 Å². The van der Waals surface area contributed by atoms with Crippen molar-refractivity contribution in [3.05, 3.63) is 53.6 Å². The van der Waals surface area contributed by atoms with E-state index in [9.17, 15) is 13.2 Å². The molecular weight excluding hydrogens is 409 g/mol. The third kappa shape index (κ3) is 6.10. The molecule has 27 heavy (non-hydrogen) atoms. The van der Waals surface area contributed by atoms with Gasteiger partial charge in [-0.05, 0) is 36.2 Å². The Hall–Kier alpha value is -1.80. The second kappa shape index (κ2) is 9.94. The molecule has 6 nitrogen and oxygen atoms in total. The van der Waals surface area contributed by atoms with Crippen LogP contribution >= 0.6 is 24.0 Å².